The van der Waals surface area contributed by atoms with E-state index in [0.717, 1.165) is 16.5 Å². The fourth-order valence-electron chi connectivity index (χ4n) is 1.96. The third kappa shape index (κ3) is 8.02. The number of nitrogens with two attached hydrogens (primary N) is 1. The van der Waals surface area contributed by atoms with Crippen LogP contribution in [0.1, 0.15) is 32.3 Å². The number of aliphatic imine (C=N–C) groups is 1. The summed E-state index contributed by atoms with van der Waals surface area (Å²) in [6, 6.07) is 7.91. The third-order valence-electron chi connectivity index (χ3n) is 3.42. The van der Waals surface area contributed by atoms with E-state index >= 15 is 0 Å². The second-order valence-corrected chi connectivity index (χ2v) is 6.82. The van der Waals surface area contributed by atoms with E-state index < -0.39 is 0 Å². The Bertz CT molecular complexity index is 531. The van der Waals surface area contributed by atoms with Crippen molar-refractivity contribution >= 4 is 27.8 Å². The summed E-state index contributed by atoms with van der Waals surface area (Å²) >= 11 is 3.50. The van der Waals surface area contributed by atoms with E-state index in [9.17, 15) is 4.79 Å². The van der Waals surface area contributed by atoms with Gasteiger partial charge < -0.3 is 16.0 Å². The second-order valence-electron chi connectivity index (χ2n) is 5.97. The first kappa shape index (κ1) is 19.5. The zero-order valence-electron chi connectivity index (χ0n) is 14.2. The molecule has 0 saturated heterocycles. The lowest BCUT2D eigenvalue weighted by molar-refractivity contribution is -0.130. The van der Waals surface area contributed by atoms with Gasteiger partial charge in [0.25, 0.3) is 0 Å². The number of amides is 1. The molecule has 0 aliphatic rings. The molecular formula is C17H27BrN4O. The SMILES string of the molecule is CC(C)CCN=C(N)NCCC(=O)N(C)Cc1ccccc1Br. The van der Waals surface area contributed by atoms with E-state index in [2.05, 4.69) is 40.1 Å². The van der Waals surface area contributed by atoms with Gasteiger partial charge in [-0.25, -0.2) is 0 Å². The molecule has 1 aromatic rings. The molecule has 0 radical (unpaired) electrons. The molecule has 0 unspecified atom stereocenters. The molecular weight excluding hydrogens is 356 g/mol. The Kier molecular flexibility index (Phi) is 8.69. The number of hydrogen-bond acceptors (Lipinski definition) is 2. The number of halogens is 1. The summed E-state index contributed by atoms with van der Waals surface area (Å²) < 4.78 is 1.01. The fourth-order valence-corrected chi connectivity index (χ4v) is 2.37. The standard InChI is InChI=1S/C17H27BrN4O/c1-13(2)8-10-20-17(19)21-11-9-16(23)22(3)12-14-6-4-5-7-15(14)18/h4-7,13H,8-12H2,1-3H3,(H3,19,20,21). The Morgan fingerprint density at radius 1 is 1.39 bits per heavy atom. The third-order valence-corrected chi connectivity index (χ3v) is 4.20. The second kappa shape index (κ2) is 10.3. The fraction of sp³-hybridized carbons (Fsp3) is 0.529. The summed E-state index contributed by atoms with van der Waals surface area (Å²) in [7, 11) is 1.81. The van der Waals surface area contributed by atoms with Crippen molar-refractivity contribution in [3.63, 3.8) is 0 Å². The smallest absolute Gasteiger partial charge is 0.224 e. The van der Waals surface area contributed by atoms with Gasteiger partial charge in [-0.1, -0.05) is 48.0 Å². The molecule has 0 saturated carbocycles. The minimum absolute atomic E-state index is 0.0724. The maximum absolute atomic E-state index is 12.1. The van der Waals surface area contributed by atoms with Crippen molar-refractivity contribution < 1.29 is 4.79 Å². The Morgan fingerprint density at radius 2 is 2.09 bits per heavy atom. The summed E-state index contributed by atoms with van der Waals surface area (Å²) in [4.78, 5) is 18.1. The van der Waals surface area contributed by atoms with E-state index in [-0.39, 0.29) is 5.91 Å². The van der Waals surface area contributed by atoms with Crippen LogP contribution in [0.15, 0.2) is 33.7 Å². The molecule has 3 N–H and O–H groups in total. The summed E-state index contributed by atoms with van der Waals surface area (Å²) in [6.45, 7) is 6.10. The number of benzene rings is 1. The number of carbonyl (C=O) groups excluding carboxylic acids is 1. The number of hydrogen-bond donors (Lipinski definition) is 2. The van der Waals surface area contributed by atoms with E-state index in [1.807, 2.05) is 31.3 Å². The minimum atomic E-state index is 0.0724. The summed E-state index contributed by atoms with van der Waals surface area (Å²) in [5.74, 6) is 1.09. The largest absolute Gasteiger partial charge is 0.370 e. The highest BCUT2D eigenvalue weighted by Gasteiger charge is 2.10. The Labute approximate surface area is 147 Å². The molecule has 0 heterocycles. The average molecular weight is 383 g/mol. The molecule has 128 valence electrons. The first-order valence-electron chi connectivity index (χ1n) is 7.91. The van der Waals surface area contributed by atoms with Gasteiger partial charge in [0.05, 0.1) is 0 Å². The zero-order valence-corrected chi connectivity index (χ0v) is 15.8. The summed E-state index contributed by atoms with van der Waals surface area (Å²) in [5, 5.41) is 2.99. The Hall–Kier alpha value is -1.56. The van der Waals surface area contributed by atoms with Gasteiger partial charge in [0, 0.05) is 37.6 Å². The Morgan fingerprint density at radius 3 is 2.74 bits per heavy atom. The monoisotopic (exact) mass is 382 g/mol. The molecule has 0 atom stereocenters. The average Bonchev–Trinajstić information content (AvgIpc) is 2.49. The van der Waals surface area contributed by atoms with Gasteiger partial charge in [-0.15, -0.1) is 0 Å². The molecule has 6 heteroatoms. The number of carbonyl (C=O) groups is 1. The molecule has 1 aromatic carbocycles. The molecule has 5 nitrogen and oxygen atoms in total. The van der Waals surface area contributed by atoms with Gasteiger partial charge in [-0.05, 0) is 24.0 Å². The molecule has 1 amide bonds. The van der Waals surface area contributed by atoms with Crippen LogP contribution < -0.4 is 11.1 Å². The maximum atomic E-state index is 12.1. The highest BCUT2D eigenvalue weighted by Crippen LogP contribution is 2.17. The van der Waals surface area contributed by atoms with Crippen LogP contribution in [0.25, 0.3) is 0 Å². The van der Waals surface area contributed by atoms with Crippen LogP contribution in [0.5, 0.6) is 0 Å². The van der Waals surface area contributed by atoms with E-state index in [4.69, 9.17) is 5.73 Å². The van der Waals surface area contributed by atoms with Crippen LogP contribution in [0.3, 0.4) is 0 Å². The predicted octanol–water partition coefficient (Wildman–Crippen LogP) is 2.75. The Balaban J connectivity index is 2.32. The first-order chi connectivity index (χ1) is 10.9. The molecule has 0 aliphatic carbocycles. The summed E-state index contributed by atoms with van der Waals surface area (Å²) in [5.41, 5.74) is 6.86. The molecule has 23 heavy (non-hydrogen) atoms. The van der Waals surface area contributed by atoms with Crippen LogP contribution in [0, 0.1) is 5.92 Å². The number of rotatable bonds is 8. The van der Waals surface area contributed by atoms with Gasteiger partial charge in [0.1, 0.15) is 0 Å². The van der Waals surface area contributed by atoms with Crippen LogP contribution >= 0.6 is 15.9 Å². The normalized spacial score (nSPS) is 11.6. The molecule has 0 aliphatic heterocycles. The molecule has 0 bridgehead atoms. The number of nitrogens with zero attached hydrogens (tertiary/aromatic N) is 2. The molecule has 1 rings (SSSR count). The van der Waals surface area contributed by atoms with Crippen molar-refractivity contribution in [1.82, 2.24) is 10.2 Å². The van der Waals surface area contributed by atoms with Crippen LogP contribution in [0.4, 0.5) is 0 Å². The van der Waals surface area contributed by atoms with Crippen molar-refractivity contribution in [2.45, 2.75) is 33.2 Å². The number of guanidine groups is 1. The lowest BCUT2D eigenvalue weighted by Crippen LogP contribution is -2.36. The minimum Gasteiger partial charge on any atom is -0.370 e. The van der Waals surface area contributed by atoms with Crippen molar-refractivity contribution in [2.75, 3.05) is 20.1 Å². The number of nitrogens with one attached hydrogen (secondary N) is 1. The molecule has 0 fully saturated rings. The van der Waals surface area contributed by atoms with Crippen molar-refractivity contribution in [3.05, 3.63) is 34.3 Å². The maximum Gasteiger partial charge on any atom is 0.224 e. The van der Waals surface area contributed by atoms with Crippen LogP contribution in [-0.2, 0) is 11.3 Å². The van der Waals surface area contributed by atoms with Crippen molar-refractivity contribution in [1.29, 1.82) is 0 Å². The van der Waals surface area contributed by atoms with Gasteiger partial charge >= 0.3 is 0 Å². The lowest BCUT2D eigenvalue weighted by atomic mass is 10.1. The van der Waals surface area contributed by atoms with Gasteiger partial charge in [0.2, 0.25) is 5.91 Å². The van der Waals surface area contributed by atoms with Crippen molar-refractivity contribution in [3.8, 4) is 0 Å². The highest BCUT2D eigenvalue weighted by atomic mass is 79.9. The summed E-state index contributed by atoms with van der Waals surface area (Å²) in [6.07, 6.45) is 1.40. The van der Waals surface area contributed by atoms with Crippen LogP contribution in [0.2, 0.25) is 0 Å². The first-order valence-corrected chi connectivity index (χ1v) is 8.70. The molecule has 0 spiro atoms. The van der Waals surface area contributed by atoms with Crippen LogP contribution in [-0.4, -0.2) is 36.9 Å². The zero-order chi connectivity index (χ0) is 17.2. The van der Waals surface area contributed by atoms with Gasteiger partial charge in [-0.2, -0.15) is 0 Å². The van der Waals surface area contributed by atoms with Gasteiger partial charge in [0.15, 0.2) is 5.96 Å². The van der Waals surface area contributed by atoms with E-state index in [1.54, 1.807) is 4.90 Å². The highest BCUT2D eigenvalue weighted by molar-refractivity contribution is 9.10. The van der Waals surface area contributed by atoms with Crippen molar-refractivity contribution in [2.24, 2.45) is 16.6 Å². The lowest BCUT2D eigenvalue weighted by Gasteiger charge is -2.18. The van der Waals surface area contributed by atoms with E-state index in [0.29, 0.717) is 37.9 Å². The quantitative estimate of drug-likeness (QED) is 0.536. The van der Waals surface area contributed by atoms with E-state index in [1.165, 1.54) is 0 Å². The van der Waals surface area contributed by atoms with Gasteiger partial charge in [-0.3, -0.25) is 9.79 Å². The predicted molar refractivity (Wildman–Crippen MR) is 99.2 cm³/mol. The molecule has 0 aromatic heterocycles. The topological polar surface area (TPSA) is 70.7 Å².